The fraction of sp³-hybridized carbons (Fsp3) is 0.565. The third-order valence-electron chi connectivity index (χ3n) is 10.7. The maximum atomic E-state index is 12.8. The minimum absolute atomic E-state index is 0.110. The van der Waals surface area contributed by atoms with Gasteiger partial charge in [-0.3, -0.25) is 14.4 Å². The molecule has 0 aliphatic carbocycles. The molecule has 1 unspecified atom stereocenters. The molecule has 0 spiro atoms. The van der Waals surface area contributed by atoms with Crippen LogP contribution in [0, 0.1) is 0 Å². The molecule has 6 heteroatoms. The van der Waals surface area contributed by atoms with Crippen molar-refractivity contribution in [2.45, 2.75) is 213 Å². The zero-order valence-corrected chi connectivity index (χ0v) is 43.3. The van der Waals surface area contributed by atoms with Crippen molar-refractivity contribution < 1.29 is 28.6 Å². The Hall–Kier alpha value is -4.71. The van der Waals surface area contributed by atoms with Crippen LogP contribution in [0.15, 0.2) is 146 Å². The molecule has 0 aliphatic rings. The van der Waals surface area contributed by atoms with E-state index in [9.17, 15) is 14.4 Å². The van der Waals surface area contributed by atoms with Crippen LogP contribution >= 0.6 is 0 Å². The first kappa shape index (κ1) is 63.3. The highest BCUT2D eigenvalue weighted by molar-refractivity contribution is 5.71. The lowest BCUT2D eigenvalue weighted by Gasteiger charge is -2.18. The highest BCUT2D eigenvalue weighted by atomic mass is 16.6. The van der Waals surface area contributed by atoms with Gasteiger partial charge in [-0.2, -0.15) is 0 Å². The van der Waals surface area contributed by atoms with Crippen LogP contribution in [-0.2, 0) is 28.6 Å². The Morgan fingerprint density at radius 1 is 0.324 bits per heavy atom. The van der Waals surface area contributed by atoms with E-state index in [-0.39, 0.29) is 37.5 Å². The van der Waals surface area contributed by atoms with Crippen LogP contribution in [0.3, 0.4) is 0 Å². The molecule has 0 aromatic carbocycles. The highest BCUT2D eigenvalue weighted by Gasteiger charge is 2.19. The molecule has 0 radical (unpaired) electrons. The van der Waals surface area contributed by atoms with Gasteiger partial charge in [0.2, 0.25) is 0 Å². The number of hydrogen-bond acceptors (Lipinski definition) is 6. The largest absolute Gasteiger partial charge is 0.462 e. The van der Waals surface area contributed by atoms with Gasteiger partial charge in [0.25, 0.3) is 0 Å². The van der Waals surface area contributed by atoms with E-state index in [2.05, 4.69) is 130 Å². The van der Waals surface area contributed by atoms with Gasteiger partial charge in [0.1, 0.15) is 13.2 Å². The number of unbranched alkanes of at least 4 members (excludes halogenated alkanes) is 17. The first-order valence-electron chi connectivity index (χ1n) is 26.9. The maximum Gasteiger partial charge on any atom is 0.306 e. The Morgan fingerprint density at radius 2 is 0.647 bits per heavy atom. The molecular weight excluding hydrogens is 841 g/mol. The molecule has 0 saturated carbocycles. The van der Waals surface area contributed by atoms with Gasteiger partial charge in [0.05, 0.1) is 0 Å². The average molecular weight is 937 g/mol. The average Bonchev–Trinajstić information content (AvgIpc) is 3.34. The lowest BCUT2D eigenvalue weighted by atomic mass is 10.1. The number of hydrogen-bond donors (Lipinski definition) is 0. The summed E-state index contributed by atoms with van der Waals surface area (Å²) in [4.78, 5) is 38.1. The van der Waals surface area contributed by atoms with Gasteiger partial charge in [-0.1, -0.05) is 237 Å². The van der Waals surface area contributed by atoms with Crippen molar-refractivity contribution in [3.63, 3.8) is 0 Å². The van der Waals surface area contributed by atoms with Crippen LogP contribution in [0.2, 0.25) is 0 Å². The van der Waals surface area contributed by atoms with Crippen molar-refractivity contribution in [1.29, 1.82) is 0 Å². The summed E-state index contributed by atoms with van der Waals surface area (Å²) < 4.78 is 16.8. The highest BCUT2D eigenvalue weighted by Crippen LogP contribution is 2.13. The molecule has 1 atom stereocenters. The summed E-state index contributed by atoms with van der Waals surface area (Å²) in [5.41, 5.74) is 0. The molecule has 0 heterocycles. The minimum Gasteiger partial charge on any atom is -0.462 e. The number of ether oxygens (including phenoxy) is 3. The molecule has 0 aromatic rings. The summed E-state index contributed by atoms with van der Waals surface area (Å²) in [5.74, 6) is -0.978. The first-order chi connectivity index (χ1) is 33.5. The van der Waals surface area contributed by atoms with Crippen LogP contribution in [0.1, 0.15) is 207 Å². The fourth-order valence-corrected chi connectivity index (χ4v) is 6.76. The zero-order valence-electron chi connectivity index (χ0n) is 43.3. The van der Waals surface area contributed by atoms with Gasteiger partial charge in [-0.05, 0) is 96.3 Å². The molecule has 0 rings (SSSR count). The Kier molecular flexibility index (Phi) is 51.1. The van der Waals surface area contributed by atoms with E-state index in [1.165, 1.54) is 19.3 Å². The van der Waals surface area contributed by atoms with Gasteiger partial charge >= 0.3 is 17.9 Å². The van der Waals surface area contributed by atoms with Crippen LogP contribution in [0.5, 0.6) is 0 Å². The molecule has 0 N–H and O–H groups in total. The van der Waals surface area contributed by atoms with E-state index in [4.69, 9.17) is 14.2 Å². The number of carbonyl (C=O) groups is 3. The number of carbonyl (C=O) groups excluding carboxylic acids is 3. The van der Waals surface area contributed by atoms with E-state index in [1.54, 1.807) is 0 Å². The van der Waals surface area contributed by atoms with E-state index in [0.717, 1.165) is 148 Å². The van der Waals surface area contributed by atoms with E-state index < -0.39 is 6.10 Å². The van der Waals surface area contributed by atoms with Crippen molar-refractivity contribution >= 4 is 17.9 Å². The molecule has 6 nitrogen and oxygen atoms in total. The third kappa shape index (κ3) is 52.3. The fourth-order valence-electron chi connectivity index (χ4n) is 6.76. The van der Waals surface area contributed by atoms with Gasteiger partial charge < -0.3 is 14.2 Å². The second-order valence-electron chi connectivity index (χ2n) is 17.2. The molecule has 380 valence electrons. The summed E-state index contributed by atoms with van der Waals surface area (Å²) in [6.07, 6.45) is 78.2. The molecule has 0 bridgehead atoms. The van der Waals surface area contributed by atoms with Crippen molar-refractivity contribution in [3.8, 4) is 0 Å². The molecular formula is C62H96O6. The Morgan fingerprint density at radius 3 is 1.07 bits per heavy atom. The molecule has 0 fully saturated rings. The van der Waals surface area contributed by atoms with E-state index >= 15 is 0 Å². The van der Waals surface area contributed by atoms with Crippen molar-refractivity contribution in [1.82, 2.24) is 0 Å². The predicted molar refractivity (Wildman–Crippen MR) is 292 cm³/mol. The second kappa shape index (κ2) is 54.9. The summed E-state index contributed by atoms with van der Waals surface area (Å²) in [7, 11) is 0. The van der Waals surface area contributed by atoms with Gasteiger partial charge in [0, 0.05) is 19.3 Å². The molecule has 68 heavy (non-hydrogen) atoms. The lowest BCUT2D eigenvalue weighted by Crippen LogP contribution is -2.30. The minimum atomic E-state index is -0.813. The smallest absolute Gasteiger partial charge is 0.306 e. The molecule has 0 amide bonds. The van der Waals surface area contributed by atoms with Crippen LogP contribution in [-0.4, -0.2) is 37.2 Å². The van der Waals surface area contributed by atoms with Gasteiger partial charge in [0.15, 0.2) is 6.10 Å². The summed E-state index contributed by atoms with van der Waals surface area (Å²) in [6, 6.07) is 0. The Bertz CT molecular complexity index is 1540. The van der Waals surface area contributed by atoms with Crippen molar-refractivity contribution in [2.75, 3.05) is 13.2 Å². The maximum absolute atomic E-state index is 12.8. The second-order valence-corrected chi connectivity index (χ2v) is 17.2. The van der Waals surface area contributed by atoms with Crippen molar-refractivity contribution in [3.05, 3.63) is 146 Å². The van der Waals surface area contributed by atoms with Crippen molar-refractivity contribution in [2.24, 2.45) is 0 Å². The van der Waals surface area contributed by atoms with Crippen LogP contribution in [0.25, 0.3) is 0 Å². The normalized spacial score (nSPS) is 13.3. The molecule has 0 aliphatic heterocycles. The third-order valence-corrected chi connectivity index (χ3v) is 10.7. The quantitative estimate of drug-likeness (QED) is 0.0199. The Balaban J connectivity index is 4.52. The lowest BCUT2D eigenvalue weighted by molar-refractivity contribution is -0.167. The van der Waals surface area contributed by atoms with E-state index in [0.29, 0.717) is 12.8 Å². The predicted octanol–water partition coefficient (Wildman–Crippen LogP) is 18.0. The number of allylic oxidation sites excluding steroid dienone is 24. The molecule has 0 saturated heterocycles. The van der Waals surface area contributed by atoms with Gasteiger partial charge in [-0.15, -0.1) is 0 Å². The molecule has 0 aromatic heterocycles. The van der Waals surface area contributed by atoms with E-state index in [1.807, 2.05) is 36.5 Å². The standard InChI is InChI=1S/C62H96O6/c1-4-7-10-13-16-19-22-25-27-29-31-33-34-37-40-43-46-49-52-55-61(64)67-58-59(57-66-60(63)54-51-48-45-42-39-36-24-21-18-15-12-9-6-3)68-62(65)56-53-50-47-44-41-38-35-32-30-28-26-23-20-17-14-11-8-5-2/h7,9-12,14-21,23-28,30-33,35,59H,4-6,8,13,22,29,34,36-58H2,1-3H3/b10-7-,12-9-,14-11-,18-15-,19-16-,20-17-,24-21-,26-23-,27-25-,30-28-,33-31-,35-32-. The summed E-state index contributed by atoms with van der Waals surface area (Å²) in [5, 5.41) is 0. The number of rotatable bonds is 46. The SMILES string of the molecule is CC\C=C/C=C\C=C/CCCCCCCC(=O)OCC(COC(=O)CCCCCCCC/C=C\C/C=C\C/C=C\C/C=C\CC)OC(=O)CCCCCCC\C=C/C=C\C=C/C=C\C=C/CCC. The monoisotopic (exact) mass is 937 g/mol. The topological polar surface area (TPSA) is 78.9 Å². The van der Waals surface area contributed by atoms with Gasteiger partial charge in [-0.25, -0.2) is 0 Å². The summed E-state index contributed by atoms with van der Waals surface area (Å²) in [6.45, 7) is 6.23. The van der Waals surface area contributed by atoms with Crippen LogP contribution in [0.4, 0.5) is 0 Å². The van der Waals surface area contributed by atoms with Crippen LogP contribution < -0.4 is 0 Å². The summed E-state index contributed by atoms with van der Waals surface area (Å²) >= 11 is 0. The zero-order chi connectivity index (χ0) is 49.3. The first-order valence-corrected chi connectivity index (χ1v) is 26.9. The Labute approximate surface area is 417 Å². The number of esters is 3.